The second-order valence-corrected chi connectivity index (χ2v) is 7.66. The van der Waals surface area contributed by atoms with Crippen LogP contribution in [0.25, 0.3) is 11.3 Å². The second kappa shape index (κ2) is 10.6. The molecule has 4 heterocycles. The number of hydrazone groups is 1. The van der Waals surface area contributed by atoms with Gasteiger partial charge in [0.05, 0.1) is 48.8 Å². The summed E-state index contributed by atoms with van der Waals surface area (Å²) in [7, 11) is 0. The monoisotopic (exact) mass is 472 g/mol. The van der Waals surface area contributed by atoms with E-state index in [9.17, 15) is 4.39 Å². The Morgan fingerprint density at radius 2 is 1.77 bits per heavy atom. The van der Waals surface area contributed by atoms with Gasteiger partial charge in [0.2, 0.25) is 5.95 Å². The average Bonchev–Trinajstić information content (AvgIpc) is 2.92. The molecule has 5 rings (SSSR count). The lowest BCUT2D eigenvalue weighted by Gasteiger charge is -2.25. The van der Waals surface area contributed by atoms with Gasteiger partial charge < -0.3 is 15.0 Å². The Labute approximate surface area is 201 Å². The van der Waals surface area contributed by atoms with Crippen molar-refractivity contribution in [3.8, 4) is 11.3 Å². The number of morpholine rings is 1. The quantitative estimate of drug-likeness (QED) is 0.240. The Kier molecular flexibility index (Phi) is 6.76. The smallest absolute Gasteiger partial charge is 0.245 e. The Bertz CT molecular complexity index is 1280. The van der Waals surface area contributed by atoms with E-state index in [0.717, 1.165) is 28.8 Å². The number of hydrogen-bond donors (Lipinski definition) is 2. The van der Waals surface area contributed by atoms with Crippen molar-refractivity contribution in [2.75, 3.05) is 41.9 Å². The van der Waals surface area contributed by atoms with E-state index in [2.05, 4.69) is 45.5 Å². The number of rotatable bonds is 7. The molecular weight excluding hydrogens is 449 g/mol. The number of aromatic nitrogens is 5. The third-order valence-electron chi connectivity index (χ3n) is 5.28. The van der Waals surface area contributed by atoms with Crippen molar-refractivity contribution in [1.82, 2.24) is 24.9 Å². The van der Waals surface area contributed by atoms with Gasteiger partial charge in [-0.1, -0.05) is 12.1 Å². The summed E-state index contributed by atoms with van der Waals surface area (Å²) in [6.45, 7) is 2.59. The van der Waals surface area contributed by atoms with Crippen LogP contribution in [-0.4, -0.2) is 62.2 Å². The number of nitrogens with one attached hydrogen (secondary N) is 2. The van der Waals surface area contributed by atoms with Gasteiger partial charge in [0.15, 0.2) is 24.8 Å². The lowest BCUT2D eigenvalue weighted by molar-refractivity contribution is -0.0440. The van der Waals surface area contributed by atoms with Crippen molar-refractivity contribution >= 4 is 29.4 Å². The lowest BCUT2D eigenvalue weighted by Crippen LogP contribution is -2.39. The first-order valence-electron chi connectivity index (χ1n) is 11.0. The topological polar surface area (TPSA) is 117 Å². The van der Waals surface area contributed by atoms with E-state index in [1.165, 1.54) is 6.33 Å². The van der Waals surface area contributed by atoms with Crippen molar-refractivity contribution in [2.45, 2.75) is 0 Å². The Morgan fingerprint density at radius 3 is 2.51 bits per heavy atom. The van der Waals surface area contributed by atoms with Gasteiger partial charge in [-0.3, -0.25) is 4.98 Å². The minimum atomic E-state index is -0.463. The summed E-state index contributed by atoms with van der Waals surface area (Å²) in [5.74, 6) is 0.00458. The van der Waals surface area contributed by atoms with Crippen LogP contribution >= 0.6 is 0 Å². The van der Waals surface area contributed by atoms with Crippen LogP contribution < -0.4 is 15.6 Å². The molecule has 0 radical (unpaired) electrons. The average molecular weight is 473 g/mol. The number of aliphatic hydroxyl groups is 2. The molecule has 3 aromatic heterocycles. The van der Waals surface area contributed by atoms with E-state index >= 15 is 0 Å². The van der Waals surface area contributed by atoms with Crippen LogP contribution in [0.3, 0.4) is 0 Å². The molecule has 0 amide bonds. The highest BCUT2D eigenvalue weighted by Gasteiger charge is 2.19. The first kappa shape index (κ1) is 22.3. The van der Waals surface area contributed by atoms with E-state index < -0.39 is 5.82 Å². The third-order valence-corrected chi connectivity index (χ3v) is 5.28. The lowest BCUT2D eigenvalue weighted by atomic mass is 10.1. The zero-order chi connectivity index (χ0) is 23.9. The van der Waals surface area contributed by atoms with E-state index in [-0.39, 0.29) is 11.8 Å². The molecular formula is C24H23FN9O+. The summed E-state index contributed by atoms with van der Waals surface area (Å²) in [4.78, 5) is 22.6. The third kappa shape index (κ3) is 5.71. The minimum Gasteiger partial charge on any atom is -0.431 e. The number of ether oxygens (including phenoxy) is 1. The van der Waals surface area contributed by atoms with Gasteiger partial charge in [-0.2, -0.15) is 10.1 Å². The summed E-state index contributed by atoms with van der Waals surface area (Å²) < 4.78 is 18.4. The maximum absolute atomic E-state index is 14.1. The molecule has 11 heteroatoms. The van der Waals surface area contributed by atoms with Gasteiger partial charge in [-0.05, 0) is 30.3 Å². The van der Waals surface area contributed by atoms with E-state index in [1.54, 1.807) is 18.6 Å². The molecule has 0 atom stereocenters. The SMILES string of the molecule is Fc1cnc(N/N=C/c2ccc(Nc3ccc(-c4ccncn4)cc3)cn2)nc1N1CC[OH+]CC1. The van der Waals surface area contributed by atoms with Gasteiger partial charge in [0.1, 0.15) is 6.33 Å². The van der Waals surface area contributed by atoms with Crippen molar-refractivity contribution in [3.63, 3.8) is 0 Å². The molecule has 4 aromatic rings. The first-order valence-corrected chi connectivity index (χ1v) is 11.0. The number of pyridine rings is 1. The van der Waals surface area contributed by atoms with Crippen LogP contribution in [0.2, 0.25) is 0 Å². The number of hydrogen-bond acceptors (Lipinski definition) is 9. The standard InChI is InChI=1S/C24H22FN9O/c25-21-15-28-24(32-23(21)34-9-11-35-12-10-34)33-30-14-19-5-6-20(13-27-19)31-18-3-1-17(2-4-18)22-7-8-26-16-29-22/h1-8,13-16,31H,9-12H2,(H,28,32,33)/p+1/b30-14+. The summed E-state index contributed by atoms with van der Waals surface area (Å²) in [6.07, 6.45) is 7.66. The predicted octanol–water partition coefficient (Wildman–Crippen LogP) is 3.01. The number of benzene rings is 1. The molecule has 3 N–H and O–H groups in total. The number of halogens is 1. The zero-order valence-corrected chi connectivity index (χ0v) is 18.7. The number of anilines is 4. The zero-order valence-electron chi connectivity index (χ0n) is 18.7. The Hall–Kier alpha value is -4.51. The molecule has 0 saturated carbocycles. The molecule has 0 aliphatic carbocycles. The Balaban J connectivity index is 1.18. The van der Waals surface area contributed by atoms with Gasteiger partial charge in [0, 0.05) is 17.4 Å². The summed E-state index contributed by atoms with van der Waals surface area (Å²) in [6, 6.07) is 13.5. The predicted molar refractivity (Wildman–Crippen MR) is 132 cm³/mol. The summed E-state index contributed by atoms with van der Waals surface area (Å²) in [5.41, 5.74) is 7.03. The van der Waals surface area contributed by atoms with Gasteiger partial charge in [-0.15, -0.1) is 0 Å². The minimum absolute atomic E-state index is 0.212. The van der Waals surface area contributed by atoms with Crippen LogP contribution in [0, 0.1) is 5.82 Å². The van der Waals surface area contributed by atoms with Crippen LogP contribution in [0.15, 0.2) is 72.5 Å². The summed E-state index contributed by atoms with van der Waals surface area (Å²) >= 11 is 0. The molecule has 1 saturated heterocycles. The highest BCUT2D eigenvalue weighted by atomic mass is 19.1. The molecule has 10 nitrogen and oxygen atoms in total. The molecule has 1 aromatic carbocycles. The van der Waals surface area contributed by atoms with Crippen molar-refractivity contribution in [2.24, 2.45) is 5.10 Å². The van der Waals surface area contributed by atoms with Gasteiger partial charge in [0.25, 0.3) is 0 Å². The molecule has 35 heavy (non-hydrogen) atoms. The van der Waals surface area contributed by atoms with Crippen LogP contribution in [0.4, 0.5) is 27.5 Å². The molecule has 176 valence electrons. The Morgan fingerprint density at radius 1 is 0.943 bits per heavy atom. The molecule has 1 aliphatic heterocycles. The second-order valence-electron chi connectivity index (χ2n) is 7.66. The fourth-order valence-corrected chi connectivity index (χ4v) is 3.52. The van der Waals surface area contributed by atoms with E-state index in [1.807, 2.05) is 47.4 Å². The van der Waals surface area contributed by atoms with Crippen LogP contribution in [0.5, 0.6) is 0 Å². The van der Waals surface area contributed by atoms with Crippen LogP contribution in [0.1, 0.15) is 5.69 Å². The number of nitrogens with zero attached hydrogens (tertiary/aromatic N) is 7. The van der Waals surface area contributed by atoms with E-state index in [4.69, 9.17) is 0 Å². The molecule has 1 fully saturated rings. The van der Waals surface area contributed by atoms with E-state index in [0.29, 0.717) is 32.0 Å². The van der Waals surface area contributed by atoms with Gasteiger partial charge >= 0.3 is 0 Å². The van der Waals surface area contributed by atoms with Crippen molar-refractivity contribution in [3.05, 3.63) is 78.9 Å². The van der Waals surface area contributed by atoms with Crippen molar-refractivity contribution < 1.29 is 9.13 Å². The maximum atomic E-state index is 14.1. The first-order chi connectivity index (χ1) is 17.2. The molecule has 0 bridgehead atoms. The van der Waals surface area contributed by atoms with Gasteiger partial charge in [-0.25, -0.2) is 24.8 Å². The molecule has 1 aliphatic rings. The highest BCUT2D eigenvalue weighted by molar-refractivity contribution is 5.78. The van der Waals surface area contributed by atoms with Crippen LogP contribution in [-0.2, 0) is 0 Å². The molecule has 0 unspecified atom stereocenters. The van der Waals surface area contributed by atoms with Crippen molar-refractivity contribution in [1.29, 1.82) is 0 Å². The molecule has 0 spiro atoms. The largest absolute Gasteiger partial charge is 0.431 e. The fraction of sp³-hybridized carbons (Fsp3) is 0.167. The summed E-state index contributed by atoms with van der Waals surface area (Å²) in [5, 5.41) is 7.44. The fourth-order valence-electron chi connectivity index (χ4n) is 3.52. The normalized spacial score (nSPS) is 13.7. The maximum Gasteiger partial charge on any atom is 0.245 e. The highest BCUT2D eigenvalue weighted by Crippen LogP contribution is 2.21.